The van der Waals surface area contributed by atoms with E-state index in [4.69, 9.17) is 11.6 Å². The Kier molecular flexibility index (Phi) is 3.40. The Balaban J connectivity index is 2.28. The summed E-state index contributed by atoms with van der Waals surface area (Å²) in [5.74, 6) is 0.0597. The highest BCUT2D eigenvalue weighted by Gasteiger charge is 2.35. The molecule has 3 rings (SSSR count). The van der Waals surface area contributed by atoms with E-state index in [0.717, 1.165) is 22.5 Å². The maximum absolute atomic E-state index is 12.4. The summed E-state index contributed by atoms with van der Waals surface area (Å²) in [7, 11) is 3.77. The van der Waals surface area contributed by atoms with Crippen molar-refractivity contribution in [1.82, 2.24) is 4.48 Å². The van der Waals surface area contributed by atoms with Crippen LogP contribution in [0.4, 0.5) is 5.69 Å². The highest BCUT2D eigenvalue weighted by molar-refractivity contribution is 6.31. The van der Waals surface area contributed by atoms with Gasteiger partial charge in [0.2, 0.25) is 0 Å². The molecule has 1 heterocycles. The van der Waals surface area contributed by atoms with Gasteiger partial charge in [-0.05, 0) is 12.1 Å². The zero-order chi connectivity index (χ0) is 15.0. The molecule has 1 amide bonds. The monoisotopic (exact) mass is 299 g/mol. The summed E-state index contributed by atoms with van der Waals surface area (Å²) in [6.07, 6.45) is 0. The Bertz CT molecular complexity index is 736. The molecule has 21 heavy (non-hydrogen) atoms. The van der Waals surface area contributed by atoms with Crippen LogP contribution in [-0.4, -0.2) is 32.3 Å². The van der Waals surface area contributed by atoms with Gasteiger partial charge in [0.1, 0.15) is 5.69 Å². The molecule has 0 N–H and O–H groups in total. The molecule has 106 valence electrons. The van der Waals surface area contributed by atoms with Crippen LogP contribution in [0.15, 0.2) is 53.5 Å². The molecule has 0 aromatic heterocycles. The molecule has 0 radical (unpaired) electrons. The van der Waals surface area contributed by atoms with Crippen LogP contribution in [0.1, 0.15) is 11.1 Å². The van der Waals surface area contributed by atoms with E-state index in [2.05, 4.69) is 4.99 Å². The van der Waals surface area contributed by atoms with E-state index >= 15 is 0 Å². The summed E-state index contributed by atoms with van der Waals surface area (Å²) in [4.78, 5) is 16.9. The molecule has 0 atom stereocenters. The highest BCUT2D eigenvalue weighted by Crippen LogP contribution is 2.32. The molecule has 3 nitrogen and oxygen atoms in total. The van der Waals surface area contributed by atoms with Gasteiger partial charge in [-0.1, -0.05) is 41.9 Å². The number of nitrogens with zero attached hydrogens (tertiary/aromatic N) is 2. The van der Waals surface area contributed by atoms with Crippen LogP contribution in [0.25, 0.3) is 0 Å². The van der Waals surface area contributed by atoms with Gasteiger partial charge in [-0.15, -0.1) is 0 Å². The smallest absolute Gasteiger partial charge is 0.270 e. The number of halogens is 1. The van der Waals surface area contributed by atoms with E-state index in [1.807, 2.05) is 62.6 Å². The molecule has 0 unspecified atom stereocenters. The number of benzodiazepines with no additional fused rings is 1. The van der Waals surface area contributed by atoms with E-state index in [1.54, 1.807) is 0 Å². The number of carbonyl (C=O) groups excluding carboxylic acids is 1. The highest BCUT2D eigenvalue weighted by atomic mass is 35.5. The van der Waals surface area contributed by atoms with Gasteiger partial charge >= 0.3 is 5.91 Å². The lowest BCUT2D eigenvalue weighted by atomic mass is 10.00. The second-order valence-corrected chi connectivity index (χ2v) is 5.98. The lowest BCUT2D eigenvalue weighted by Gasteiger charge is -2.26. The molecule has 0 saturated carbocycles. The van der Waals surface area contributed by atoms with Gasteiger partial charge < -0.3 is 0 Å². The van der Waals surface area contributed by atoms with Crippen molar-refractivity contribution in [3.8, 4) is 0 Å². The Morgan fingerprint density at radius 3 is 2.52 bits per heavy atom. The van der Waals surface area contributed by atoms with Crippen molar-refractivity contribution < 1.29 is 4.79 Å². The third-order valence-corrected chi connectivity index (χ3v) is 4.09. The molecule has 2 aromatic rings. The van der Waals surface area contributed by atoms with Gasteiger partial charge in [-0.2, -0.15) is 0 Å². The second kappa shape index (κ2) is 5.10. The molecular weight excluding hydrogens is 284 g/mol. The number of hydrogen-bond donors (Lipinski definition) is 0. The molecule has 4 heteroatoms. The molecule has 1 aliphatic heterocycles. The largest absolute Gasteiger partial charge is 0.339 e. The van der Waals surface area contributed by atoms with E-state index in [1.165, 1.54) is 0 Å². The zero-order valence-electron chi connectivity index (χ0n) is 12.0. The zero-order valence-corrected chi connectivity index (χ0v) is 12.8. The number of likely N-dealkylation sites (N-methyl/N-ethyl adjacent to an activating group) is 1. The normalized spacial score (nSPS) is 16.9. The predicted octanol–water partition coefficient (Wildman–Crippen LogP) is 3.28. The van der Waals surface area contributed by atoms with Gasteiger partial charge in [0, 0.05) is 16.7 Å². The van der Waals surface area contributed by atoms with Gasteiger partial charge in [0.05, 0.1) is 25.4 Å². The summed E-state index contributed by atoms with van der Waals surface area (Å²) in [5, 5.41) is 0.645. The van der Waals surface area contributed by atoms with Crippen LogP contribution >= 0.6 is 11.6 Å². The van der Waals surface area contributed by atoms with Crippen molar-refractivity contribution in [1.29, 1.82) is 0 Å². The van der Waals surface area contributed by atoms with E-state index in [-0.39, 0.29) is 16.9 Å². The lowest BCUT2D eigenvalue weighted by molar-refractivity contribution is -0.126. The Labute approximate surface area is 129 Å². The first-order chi connectivity index (χ1) is 10.00. The van der Waals surface area contributed by atoms with Crippen molar-refractivity contribution in [2.45, 2.75) is 0 Å². The number of aliphatic imine (C=N–C) groups is 1. The van der Waals surface area contributed by atoms with Crippen molar-refractivity contribution >= 4 is 28.9 Å². The molecule has 0 saturated heterocycles. The number of rotatable bonds is 1. The van der Waals surface area contributed by atoms with Crippen LogP contribution in [0.3, 0.4) is 0 Å². The molecular formula is C17H16ClN2O+. The Morgan fingerprint density at radius 1 is 1.10 bits per heavy atom. The maximum Gasteiger partial charge on any atom is 0.339 e. The third-order valence-electron chi connectivity index (χ3n) is 3.86. The fourth-order valence-electron chi connectivity index (χ4n) is 2.57. The average molecular weight is 300 g/mol. The van der Waals surface area contributed by atoms with Crippen LogP contribution in [0.5, 0.6) is 0 Å². The van der Waals surface area contributed by atoms with Gasteiger partial charge in [0.25, 0.3) is 0 Å². The number of fused-ring (bicyclic) bond motifs is 1. The van der Waals surface area contributed by atoms with Crippen LogP contribution in [-0.2, 0) is 4.79 Å². The molecule has 2 aromatic carbocycles. The van der Waals surface area contributed by atoms with Crippen LogP contribution in [0.2, 0.25) is 5.02 Å². The lowest BCUT2D eigenvalue weighted by Crippen LogP contribution is -2.47. The standard InChI is InChI=1S/C17H16ClN2O/c1-20(2)15-9-8-13(18)10-14(15)17(19-11-16(20)21)12-6-4-3-5-7-12/h3-10H,11H2,1-2H3/q+1. The third kappa shape index (κ3) is 2.39. The van der Waals surface area contributed by atoms with Crippen molar-refractivity contribution in [2.75, 3.05) is 20.6 Å². The summed E-state index contributed by atoms with van der Waals surface area (Å²) in [6.45, 7) is 0.170. The number of carbonyl (C=O) groups is 1. The van der Waals surface area contributed by atoms with Gasteiger partial charge in [-0.25, -0.2) is 9.28 Å². The fraction of sp³-hybridized carbons (Fsp3) is 0.176. The number of quaternary nitrogens is 1. The van der Waals surface area contributed by atoms with E-state index < -0.39 is 0 Å². The molecule has 0 spiro atoms. The van der Waals surface area contributed by atoms with Crippen LogP contribution in [0, 0.1) is 0 Å². The summed E-state index contributed by atoms with van der Waals surface area (Å²) in [6, 6.07) is 15.5. The molecule has 1 aliphatic rings. The minimum atomic E-state index is 0.0597. The first kappa shape index (κ1) is 14.0. The summed E-state index contributed by atoms with van der Waals surface area (Å²) >= 11 is 6.17. The van der Waals surface area contributed by atoms with Gasteiger partial charge in [0.15, 0.2) is 6.54 Å². The number of hydrogen-bond acceptors (Lipinski definition) is 2. The van der Waals surface area contributed by atoms with Crippen LogP contribution < -0.4 is 4.48 Å². The first-order valence-corrected chi connectivity index (χ1v) is 7.15. The maximum atomic E-state index is 12.4. The minimum absolute atomic E-state index is 0.0597. The van der Waals surface area contributed by atoms with Crippen molar-refractivity contribution in [3.05, 3.63) is 64.7 Å². The van der Waals surface area contributed by atoms with Crippen molar-refractivity contribution in [2.24, 2.45) is 4.99 Å². The molecule has 0 aliphatic carbocycles. The molecule has 0 bridgehead atoms. The fourth-order valence-corrected chi connectivity index (χ4v) is 2.74. The van der Waals surface area contributed by atoms with E-state index in [9.17, 15) is 4.79 Å². The average Bonchev–Trinajstić information content (AvgIpc) is 2.56. The number of benzene rings is 2. The minimum Gasteiger partial charge on any atom is -0.270 e. The van der Waals surface area contributed by atoms with E-state index in [0.29, 0.717) is 5.02 Å². The first-order valence-electron chi connectivity index (χ1n) is 6.78. The predicted molar refractivity (Wildman–Crippen MR) is 87.0 cm³/mol. The molecule has 0 fully saturated rings. The Morgan fingerprint density at radius 2 is 1.81 bits per heavy atom. The van der Waals surface area contributed by atoms with Gasteiger partial charge in [-0.3, -0.25) is 4.99 Å². The Hall–Kier alpha value is -1.97. The second-order valence-electron chi connectivity index (χ2n) is 5.54. The quantitative estimate of drug-likeness (QED) is 0.743. The van der Waals surface area contributed by atoms with Crippen molar-refractivity contribution in [3.63, 3.8) is 0 Å². The summed E-state index contributed by atoms with van der Waals surface area (Å²) < 4.78 is 0.173. The topological polar surface area (TPSA) is 29.4 Å². The SMILES string of the molecule is C[N+]1(C)C(=O)CN=C(c2ccccc2)c2cc(Cl)ccc21. The number of amides is 1. The summed E-state index contributed by atoms with van der Waals surface area (Å²) in [5.41, 5.74) is 3.66.